The van der Waals surface area contributed by atoms with Gasteiger partial charge in [0.05, 0.1) is 17.8 Å². The van der Waals surface area contributed by atoms with E-state index >= 15 is 0 Å². The standard InChI is InChI=1S/C24H28ClN5O2/c1-16-22(17-5-10-20(25)21(15-17)31-2)28-24(29-23(16)26)27-18-6-8-19(9-7-18)32-14-13-30-11-3-4-12-30/h5-10,15H,3-4,11-14H2,1-2H3,(H3,26,27,28,29). The second kappa shape index (κ2) is 10.1. The van der Waals surface area contributed by atoms with Crippen LogP contribution in [0, 0.1) is 6.92 Å². The summed E-state index contributed by atoms with van der Waals surface area (Å²) in [4.78, 5) is 11.5. The van der Waals surface area contributed by atoms with E-state index in [-0.39, 0.29) is 0 Å². The quantitative estimate of drug-likeness (QED) is 0.501. The molecule has 1 aliphatic heterocycles. The zero-order valence-corrected chi connectivity index (χ0v) is 19.2. The van der Waals surface area contributed by atoms with Crippen LogP contribution in [0.25, 0.3) is 11.3 Å². The van der Waals surface area contributed by atoms with Crippen LogP contribution in [0.4, 0.5) is 17.5 Å². The molecule has 32 heavy (non-hydrogen) atoms. The minimum atomic E-state index is 0.410. The van der Waals surface area contributed by atoms with Crippen LogP contribution in [0.1, 0.15) is 18.4 Å². The average molecular weight is 454 g/mol. The second-order valence-electron chi connectivity index (χ2n) is 7.80. The van der Waals surface area contributed by atoms with Gasteiger partial charge in [0, 0.05) is 23.4 Å². The number of methoxy groups -OCH3 is 1. The van der Waals surface area contributed by atoms with Gasteiger partial charge in [0.25, 0.3) is 0 Å². The van der Waals surface area contributed by atoms with Gasteiger partial charge < -0.3 is 20.5 Å². The minimum absolute atomic E-state index is 0.410. The molecule has 1 fully saturated rings. The molecule has 2 aromatic carbocycles. The first-order chi connectivity index (χ1) is 15.5. The summed E-state index contributed by atoms with van der Waals surface area (Å²) in [5.74, 6) is 2.25. The van der Waals surface area contributed by atoms with E-state index < -0.39 is 0 Å². The minimum Gasteiger partial charge on any atom is -0.495 e. The molecule has 8 heteroatoms. The molecule has 0 amide bonds. The molecule has 1 aromatic heterocycles. The number of halogens is 1. The Morgan fingerprint density at radius 2 is 1.84 bits per heavy atom. The van der Waals surface area contributed by atoms with Crippen molar-refractivity contribution in [1.29, 1.82) is 0 Å². The lowest BCUT2D eigenvalue weighted by Gasteiger charge is -2.15. The summed E-state index contributed by atoms with van der Waals surface area (Å²) in [6.07, 6.45) is 2.58. The van der Waals surface area contributed by atoms with Crippen molar-refractivity contribution in [1.82, 2.24) is 14.9 Å². The third kappa shape index (κ3) is 5.23. The number of benzene rings is 2. The van der Waals surface area contributed by atoms with Crippen LogP contribution in [0.2, 0.25) is 5.02 Å². The van der Waals surface area contributed by atoms with Crippen molar-refractivity contribution in [2.24, 2.45) is 0 Å². The SMILES string of the molecule is COc1cc(-c2nc(Nc3ccc(OCCN4CCCC4)cc3)nc(N)c2C)ccc1Cl. The number of nitrogens with two attached hydrogens (primary N) is 1. The molecule has 7 nitrogen and oxygen atoms in total. The number of nitrogen functional groups attached to an aromatic ring is 1. The highest BCUT2D eigenvalue weighted by Crippen LogP contribution is 2.33. The Balaban J connectivity index is 1.46. The molecule has 3 N–H and O–H groups in total. The van der Waals surface area contributed by atoms with Gasteiger partial charge >= 0.3 is 0 Å². The van der Waals surface area contributed by atoms with Crippen molar-refractivity contribution in [2.75, 3.05) is 44.4 Å². The normalized spacial score (nSPS) is 13.8. The Bertz CT molecular complexity index is 1070. The fourth-order valence-electron chi connectivity index (χ4n) is 3.74. The molecule has 1 aliphatic rings. The number of nitrogens with zero attached hydrogens (tertiary/aromatic N) is 3. The maximum atomic E-state index is 6.17. The van der Waals surface area contributed by atoms with Crippen molar-refractivity contribution < 1.29 is 9.47 Å². The third-order valence-electron chi connectivity index (χ3n) is 5.59. The first kappa shape index (κ1) is 22.2. The van der Waals surface area contributed by atoms with Gasteiger partial charge in [-0.15, -0.1) is 0 Å². The molecule has 0 radical (unpaired) electrons. The molecule has 0 aliphatic carbocycles. The van der Waals surface area contributed by atoms with E-state index in [1.807, 2.05) is 43.3 Å². The predicted molar refractivity (Wildman–Crippen MR) is 129 cm³/mol. The first-order valence-electron chi connectivity index (χ1n) is 10.7. The average Bonchev–Trinajstić information content (AvgIpc) is 3.31. The molecule has 168 valence electrons. The largest absolute Gasteiger partial charge is 0.495 e. The molecule has 1 saturated heterocycles. The van der Waals surface area contributed by atoms with E-state index in [0.717, 1.165) is 34.8 Å². The number of nitrogens with one attached hydrogen (secondary N) is 1. The second-order valence-corrected chi connectivity index (χ2v) is 8.21. The lowest BCUT2D eigenvalue weighted by molar-refractivity contribution is 0.238. The molecule has 0 saturated carbocycles. The van der Waals surface area contributed by atoms with Crippen LogP contribution >= 0.6 is 11.6 Å². The summed E-state index contributed by atoms with van der Waals surface area (Å²) >= 11 is 6.16. The number of aromatic nitrogens is 2. The lowest BCUT2D eigenvalue weighted by atomic mass is 10.1. The first-order valence-corrected chi connectivity index (χ1v) is 11.1. The number of hydrogen-bond donors (Lipinski definition) is 2. The highest BCUT2D eigenvalue weighted by molar-refractivity contribution is 6.32. The van der Waals surface area contributed by atoms with E-state index in [1.54, 1.807) is 13.2 Å². The summed E-state index contributed by atoms with van der Waals surface area (Å²) in [6, 6.07) is 13.3. The molecule has 0 unspecified atom stereocenters. The van der Waals surface area contributed by atoms with Gasteiger partial charge in [-0.25, -0.2) is 4.98 Å². The monoisotopic (exact) mass is 453 g/mol. The highest BCUT2D eigenvalue weighted by atomic mass is 35.5. The van der Waals surface area contributed by atoms with Crippen LogP contribution in [-0.2, 0) is 0 Å². The third-order valence-corrected chi connectivity index (χ3v) is 5.91. The molecular weight excluding hydrogens is 426 g/mol. The van der Waals surface area contributed by atoms with Gasteiger partial charge in [-0.3, -0.25) is 4.90 Å². The molecular formula is C24H28ClN5O2. The molecule has 2 heterocycles. The van der Waals surface area contributed by atoms with Crippen LogP contribution in [-0.4, -0.2) is 48.2 Å². The molecule has 0 spiro atoms. The number of likely N-dealkylation sites (tertiary alicyclic amines) is 1. The van der Waals surface area contributed by atoms with E-state index in [2.05, 4.69) is 20.2 Å². The van der Waals surface area contributed by atoms with Crippen molar-refractivity contribution in [3.8, 4) is 22.8 Å². The number of anilines is 3. The van der Waals surface area contributed by atoms with Gasteiger partial charge in [0.15, 0.2) is 0 Å². The van der Waals surface area contributed by atoms with Gasteiger partial charge in [0.2, 0.25) is 5.95 Å². The van der Waals surface area contributed by atoms with E-state index in [9.17, 15) is 0 Å². The zero-order valence-electron chi connectivity index (χ0n) is 18.4. The number of rotatable bonds is 8. The van der Waals surface area contributed by atoms with Gasteiger partial charge in [-0.1, -0.05) is 17.7 Å². The van der Waals surface area contributed by atoms with Crippen molar-refractivity contribution in [3.05, 3.63) is 53.1 Å². The maximum absolute atomic E-state index is 6.17. The van der Waals surface area contributed by atoms with Crippen LogP contribution in [0.15, 0.2) is 42.5 Å². The van der Waals surface area contributed by atoms with Crippen molar-refractivity contribution in [2.45, 2.75) is 19.8 Å². The molecule has 0 atom stereocenters. The summed E-state index contributed by atoms with van der Waals surface area (Å²) in [5.41, 5.74) is 9.38. The summed E-state index contributed by atoms with van der Waals surface area (Å²) < 4.78 is 11.2. The van der Waals surface area contributed by atoms with Gasteiger partial charge in [0.1, 0.15) is 23.9 Å². The van der Waals surface area contributed by atoms with E-state index in [0.29, 0.717) is 29.1 Å². The van der Waals surface area contributed by atoms with Crippen molar-refractivity contribution >= 4 is 29.1 Å². The van der Waals surface area contributed by atoms with Gasteiger partial charge in [-0.2, -0.15) is 4.98 Å². The summed E-state index contributed by atoms with van der Waals surface area (Å²) in [5, 5.41) is 3.77. The smallest absolute Gasteiger partial charge is 0.229 e. The Kier molecular flexibility index (Phi) is 6.97. The van der Waals surface area contributed by atoms with E-state index in [4.69, 9.17) is 26.8 Å². The fraction of sp³-hybridized carbons (Fsp3) is 0.333. The number of ether oxygens (including phenoxy) is 2. The zero-order chi connectivity index (χ0) is 22.5. The summed E-state index contributed by atoms with van der Waals surface area (Å²) in [6.45, 7) is 5.91. The Morgan fingerprint density at radius 1 is 1.09 bits per heavy atom. The maximum Gasteiger partial charge on any atom is 0.229 e. The Morgan fingerprint density at radius 3 is 2.56 bits per heavy atom. The topological polar surface area (TPSA) is 85.5 Å². The van der Waals surface area contributed by atoms with Crippen LogP contribution in [0.5, 0.6) is 11.5 Å². The van der Waals surface area contributed by atoms with Crippen LogP contribution < -0.4 is 20.5 Å². The Labute approximate surface area is 193 Å². The van der Waals surface area contributed by atoms with Crippen LogP contribution in [0.3, 0.4) is 0 Å². The molecule has 3 aromatic rings. The highest BCUT2D eigenvalue weighted by Gasteiger charge is 2.14. The van der Waals surface area contributed by atoms with E-state index in [1.165, 1.54) is 25.9 Å². The molecule has 0 bridgehead atoms. The molecule has 4 rings (SSSR count). The lowest BCUT2D eigenvalue weighted by Crippen LogP contribution is -2.25. The fourth-order valence-corrected chi connectivity index (χ4v) is 3.94. The number of hydrogen-bond acceptors (Lipinski definition) is 7. The summed E-state index contributed by atoms with van der Waals surface area (Å²) in [7, 11) is 1.58. The predicted octanol–water partition coefficient (Wildman–Crippen LogP) is 4.91. The van der Waals surface area contributed by atoms with Crippen molar-refractivity contribution in [3.63, 3.8) is 0 Å². The van der Waals surface area contributed by atoms with Gasteiger partial charge in [-0.05, 0) is 69.3 Å². The Hall–Kier alpha value is -3.03.